The van der Waals surface area contributed by atoms with Crippen LogP contribution in [0.5, 0.6) is 0 Å². The molecule has 3 aliphatic heterocycles. The number of amides is 2. The summed E-state index contributed by atoms with van der Waals surface area (Å²) in [6.07, 6.45) is 11.8. The molecule has 4 aliphatic rings. The van der Waals surface area contributed by atoms with Crippen LogP contribution in [0.15, 0.2) is 70.9 Å². The zero-order chi connectivity index (χ0) is 31.7. The summed E-state index contributed by atoms with van der Waals surface area (Å²) in [4.78, 5) is 32.4. The Kier molecular flexibility index (Phi) is 8.46. The number of aromatic nitrogens is 1. The van der Waals surface area contributed by atoms with Crippen molar-refractivity contribution in [2.24, 2.45) is 0 Å². The molecule has 47 heavy (non-hydrogen) atoms. The number of carbonyl (C=O) groups is 2. The van der Waals surface area contributed by atoms with E-state index in [-0.39, 0.29) is 11.8 Å². The van der Waals surface area contributed by atoms with Crippen molar-refractivity contribution < 1.29 is 18.7 Å². The normalized spacial score (nSPS) is 19.6. The minimum absolute atomic E-state index is 0.126. The number of hydrogen-bond acceptors (Lipinski definition) is 5. The van der Waals surface area contributed by atoms with Crippen LogP contribution in [0.2, 0.25) is 0 Å². The van der Waals surface area contributed by atoms with E-state index in [0.717, 1.165) is 87.5 Å². The van der Waals surface area contributed by atoms with Gasteiger partial charge in [0.15, 0.2) is 0 Å². The molecule has 0 bridgehead atoms. The molecule has 0 atom stereocenters. The van der Waals surface area contributed by atoms with Gasteiger partial charge < -0.3 is 23.9 Å². The third-order valence-electron chi connectivity index (χ3n) is 10.8. The van der Waals surface area contributed by atoms with Crippen molar-refractivity contribution in [3.8, 4) is 11.3 Å². The van der Waals surface area contributed by atoms with Crippen LogP contribution >= 0.6 is 0 Å². The number of rotatable bonds is 6. The van der Waals surface area contributed by atoms with E-state index in [4.69, 9.17) is 9.15 Å². The molecule has 2 aromatic carbocycles. The highest BCUT2D eigenvalue weighted by molar-refractivity contribution is 6.04. The Morgan fingerprint density at radius 1 is 0.872 bits per heavy atom. The van der Waals surface area contributed by atoms with E-state index in [2.05, 4.69) is 56.1 Å². The van der Waals surface area contributed by atoms with Gasteiger partial charge in [-0.25, -0.2) is 0 Å². The summed E-state index contributed by atoms with van der Waals surface area (Å²) < 4.78 is 13.4. The Morgan fingerprint density at radius 2 is 1.68 bits per heavy atom. The number of nitrogens with zero attached hydrogens (tertiary/aromatic N) is 3. The quantitative estimate of drug-likeness (QED) is 0.259. The molecule has 244 valence electrons. The van der Waals surface area contributed by atoms with Gasteiger partial charge in [-0.3, -0.25) is 14.5 Å². The number of morpholine rings is 1. The van der Waals surface area contributed by atoms with Gasteiger partial charge in [0.05, 0.1) is 38.3 Å². The molecule has 5 heterocycles. The van der Waals surface area contributed by atoms with E-state index >= 15 is 0 Å². The number of ether oxygens (including phenoxy) is 1. The Balaban J connectivity index is 1.16. The summed E-state index contributed by atoms with van der Waals surface area (Å²) in [5.41, 5.74) is 7.28. The molecular weight excluding hydrogens is 588 g/mol. The number of benzene rings is 2. The minimum Gasteiger partial charge on any atom is -0.467 e. The topological polar surface area (TPSA) is 80.0 Å². The highest BCUT2D eigenvalue weighted by Gasteiger charge is 2.33. The second kappa shape index (κ2) is 13.2. The highest BCUT2D eigenvalue weighted by atomic mass is 16.5. The minimum atomic E-state index is -0.137. The van der Waals surface area contributed by atoms with Crippen molar-refractivity contribution in [3.05, 3.63) is 88.9 Å². The Bertz CT molecular complexity index is 1780. The predicted octanol–water partition coefficient (Wildman–Crippen LogP) is 6.60. The van der Waals surface area contributed by atoms with Gasteiger partial charge in [0.25, 0.3) is 11.8 Å². The summed E-state index contributed by atoms with van der Waals surface area (Å²) in [5, 5.41) is 4.22. The lowest BCUT2D eigenvalue weighted by atomic mass is 9.81. The standard InChI is InChI=1S/C39H44N4O4/c44-38(40-25-32-10-6-20-47-32)29-12-13-34-35(24-29)43-26-30(39(45)42-16-14-31(15-17-42)41-18-21-46-22-19-41)23-28-9-4-5-11-33(28)37(43)36(34)27-7-2-1-3-8-27/h4-6,9-13,20,23-24,27,31H,1-3,7-8,14-19,21-22,25-26H2,(H,40,44). The summed E-state index contributed by atoms with van der Waals surface area (Å²) in [5.74, 6) is 1.16. The van der Waals surface area contributed by atoms with Gasteiger partial charge in [-0.05, 0) is 73.1 Å². The molecule has 8 nitrogen and oxygen atoms in total. The molecule has 2 aromatic heterocycles. The fourth-order valence-corrected chi connectivity index (χ4v) is 8.41. The Morgan fingerprint density at radius 3 is 2.47 bits per heavy atom. The van der Waals surface area contributed by atoms with Crippen LogP contribution in [0.25, 0.3) is 28.2 Å². The van der Waals surface area contributed by atoms with Gasteiger partial charge in [-0.15, -0.1) is 0 Å². The number of likely N-dealkylation sites (tertiary alicyclic amines) is 1. The smallest absolute Gasteiger partial charge is 0.251 e. The summed E-state index contributed by atoms with van der Waals surface area (Å²) in [6, 6.07) is 18.9. The number of furan rings is 1. The van der Waals surface area contributed by atoms with Crippen molar-refractivity contribution in [2.75, 3.05) is 39.4 Å². The van der Waals surface area contributed by atoms with Gasteiger partial charge in [0.2, 0.25) is 0 Å². The van der Waals surface area contributed by atoms with E-state index in [1.54, 1.807) is 6.26 Å². The molecule has 0 unspecified atom stereocenters. The van der Waals surface area contributed by atoms with Crippen LogP contribution in [0.1, 0.15) is 78.1 Å². The fraction of sp³-hybridized carbons (Fsp3) is 0.436. The first-order valence-electron chi connectivity index (χ1n) is 17.5. The monoisotopic (exact) mass is 632 g/mol. The first-order chi connectivity index (χ1) is 23.1. The summed E-state index contributed by atoms with van der Waals surface area (Å²) in [6.45, 7) is 5.92. The van der Waals surface area contributed by atoms with Crippen molar-refractivity contribution in [1.29, 1.82) is 0 Å². The largest absolute Gasteiger partial charge is 0.467 e. The molecule has 8 heteroatoms. The van der Waals surface area contributed by atoms with Crippen LogP contribution in [-0.2, 0) is 22.6 Å². The molecule has 8 rings (SSSR count). The number of carbonyl (C=O) groups excluding carboxylic acids is 2. The third kappa shape index (κ3) is 5.93. The predicted molar refractivity (Wildman–Crippen MR) is 183 cm³/mol. The molecule has 4 aromatic rings. The Labute approximate surface area is 276 Å². The van der Waals surface area contributed by atoms with Gasteiger partial charge in [-0.1, -0.05) is 49.6 Å². The van der Waals surface area contributed by atoms with Crippen molar-refractivity contribution in [3.63, 3.8) is 0 Å². The first kappa shape index (κ1) is 30.2. The molecule has 3 fully saturated rings. The highest BCUT2D eigenvalue weighted by Crippen LogP contribution is 2.46. The molecule has 0 radical (unpaired) electrons. The van der Waals surface area contributed by atoms with Gasteiger partial charge in [-0.2, -0.15) is 0 Å². The zero-order valence-corrected chi connectivity index (χ0v) is 27.1. The molecular formula is C39H44N4O4. The number of nitrogens with one attached hydrogen (secondary N) is 1. The van der Waals surface area contributed by atoms with E-state index < -0.39 is 0 Å². The number of piperidine rings is 1. The van der Waals surface area contributed by atoms with Gasteiger partial charge >= 0.3 is 0 Å². The van der Waals surface area contributed by atoms with E-state index in [0.29, 0.717) is 30.6 Å². The van der Waals surface area contributed by atoms with Crippen LogP contribution in [0.3, 0.4) is 0 Å². The van der Waals surface area contributed by atoms with Gasteiger partial charge in [0.1, 0.15) is 5.76 Å². The maximum Gasteiger partial charge on any atom is 0.251 e. The van der Waals surface area contributed by atoms with Crippen LogP contribution in [0, 0.1) is 0 Å². The SMILES string of the molecule is O=C(NCc1ccco1)c1ccc2c(C3CCCCC3)c3n(c2c1)CC(C(=O)N1CCC(N2CCOCC2)CC1)=Cc1ccccc1-3. The second-order valence-corrected chi connectivity index (χ2v) is 13.6. The number of fused-ring (bicyclic) bond motifs is 5. The maximum absolute atomic E-state index is 14.4. The van der Waals surface area contributed by atoms with E-state index in [1.165, 1.54) is 41.5 Å². The molecule has 0 spiro atoms. The van der Waals surface area contributed by atoms with Gasteiger partial charge in [0, 0.05) is 59.8 Å². The van der Waals surface area contributed by atoms with Crippen molar-refractivity contribution in [2.45, 2.75) is 70.0 Å². The maximum atomic E-state index is 14.4. The Hall–Kier alpha value is -4.14. The second-order valence-electron chi connectivity index (χ2n) is 13.6. The molecule has 1 aliphatic carbocycles. The summed E-state index contributed by atoms with van der Waals surface area (Å²) >= 11 is 0. The van der Waals surface area contributed by atoms with Crippen LogP contribution < -0.4 is 5.32 Å². The lowest BCUT2D eigenvalue weighted by Gasteiger charge is -2.40. The fourth-order valence-electron chi connectivity index (χ4n) is 8.41. The lowest BCUT2D eigenvalue weighted by Crippen LogP contribution is -2.50. The van der Waals surface area contributed by atoms with Crippen LogP contribution in [-0.4, -0.2) is 71.6 Å². The molecule has 1 saturated carbocycles. The summed E-state index contributed by atoms with van der Waals surface area (Å²) in [7, 11) is 0. The zero-order valence-electron chi connectivity index (χ0n) is 27.1. The van der Waals surface area contributed by atoms with Crippen LogP contribution in [0.4, 0.5) is 0 Å². The van der Waals surface area contributed by atoms with E-state index in [9.17, 15) is 9.59 Å². The third-order valence-corrected chi connectivity index (χ3v) is 10.8. The average Bonchev–Trinajstić information content (AvgIpc) is 3.73. The van der Waals surface area contributed by atoms with Crippen molar-refractivity contribution >= 4 is 28.8 Å². The molecule has 2 saturated heterocycles. The first-order valence-corrected chi connectivity index (χ1v) is 17.5. The van der Waals surface area contributed by atoms with E-state index in [1.807, 2.05) is 24.3 Å². The molecule has 2 amide bonds. The molecule has 1 N–H and O–H groups in total. The average molecular weight is 633 g/mol. The number of hydrogen-bond donors (Lipinski definition) is 1. The lowest BCUT2D eigenvalue weighted by molar-refractivity contribution is -0.129. The van der Waals surface area contributed by atoms with Crippen molar-refractivity contribution in [1.82, 2.24) is 19.7 Å².